The Morgan fingerprint density at radius 2 is 0.964 bits per heavy atom. The van der Waals surface area contributed by atoms with E-state index in [1.807, 2.05) is 12.1 Å². The molecule has 0 spiro atoms. The number of halogens is 2. The number of esters is 2. The fourth-order valence-electron chi connectivity index (χ4n) is 6.05. The molecule has 0 fully saturated rings. The summed E-state index contributed by atoms with van der Waals surface area (Å²) in [5.74, 6) is -2.62. The summed E-state index contributed by atoms with van der Waals surface area (Å²) < 4.78 is 58.6. The first-order chi connectivity index (χ1) is 26.1. The van der Waals surface area contributed by atoms with Gasteiger partial charge in [0.1, 0.15) is 23.1 Å². The summed E-state index contributed by atoms with van der Waals surface area (Å²) in [5, 5.41) is 0. The van der Waals surface area contributed by atoms with Crippen LogP contribution >= 0.6 is 0 Å². The average molecular weight is 755 g/mol. The van der Waals surface area contributed by atoms with Gasteiger partial charge in [-0.2, -0.15) is 0 Å². The Balaban J connectivity index is 1.15. The van der Waals surface area contributed by atoms with Gasteiger partial charge in [-0.25, -0.2) is 28.0 Å². The van der Waals surface area contributed by atoms with E-state index in [0.717, 1.165) is 45.5 Å². The van der Waals surface area contributed by atoms with E-state index < -0.39 is 49.5 Å². The van der Waals surface area contributed by atoms with E-state index >= 15 is 0 Å². The maximum absolute atomic E-state index is 15.0. The molecular formula is C43H40F2O10. The van der Waals surface area contributed by atoms with Crippen molar-refractivity contribution in [1.82, 2.24) is 0 Å². The minimum absolute atomic E-state index is 0.0521. The predicted molar refractivity (Wildman–Crippen MR) is 197 cm³/mol. The van der Waals surface area contributed by atoms with E-state index in [0.29, 0.717) is 36.8 Å². The minimum atomic E-state index is -1.15. The molecule has 1 aliphatic carbocycles. The number of aryl methyl sites for hydroxylation is 4. The van der Waals surface area contributed by atoms with Crippen molar-refractivity contribution in [2.24, 2.45) is 0 Å². The molecule has 286 valence electrons. The fraction of sp³-hybridized carbons (Fsp3) is 0.256. The third kappa shape index (κ3) is 10.0. The van der Waals surface area contributed by atoms with Gasteiger partial charge in [-0.1, -0.05) is 75.5 Å². The van der Waals surface area contributed by atoms with Crippen LogP contribution in [0.25, 0.3) is 11.1 Å². The van der Waals surface area contributed by atoms with Crippen LogP contribution in [0.3, 0.4) is 0 Å². The van der Waals surface area contributed by atoms with Crippen molar-refractivity contribution in [2.45, 2.75) is 58.8 Å². The predicted octanol–water partition coefficient (Wildman–Crippen LogP) is 9.03. The molecule has 4 aromatic rings. The van der Waals surface area contributed by atoms with Gasteiger partial charge in [0.15, 0.2) is 0 Å². The van der Waals surface area contributed by atoms with Crippen LogP contribution in [0.2, 0.25) is 0 Å². The summed E-state index contributed by atoms with van der Waals surface area (Å²) in [5.41, 5.74) is 7.50. The first kappa shape index (κ1) is 39.9. The van der Waals surface area contributed by atoms with Gasteiger partial charge in [-0.15, -0.1) is 0 Å². The molecule has 5 rings (SSSR count). The molecule has 0 N–H and O–H groups in total. The standard InChI is InChI=1S/C43H40F2O10/c1-25(2)39(46)50-23-52-41(48)54-31-15-13-29(37(44)21-31)11-7-27-9-17-33-34-18-10-28(20-36(34)43(5,6)35(33)19-27)8-12-30-14-16-32(22-38(30)45)55-42(49)53-24-51-40(47)26(3)4/h9-10,13-22H,1,3,7-8,11-12,23-24H2,2,4-6H3. The molecule has 0 saturated heterocycles. The number of rotatable bonds is 14. The summed E-state index contributed by atoms with van der Waals surface area (Å²) in [6.45, 7) is 12.7. The molecular weight excluding hydrogens is 714 g/mol. The lowest BCUT2D eigenvalue weighted by Gasteiger charge is -2.22. The van der Waals surface area contributed by atoms with Crippen molar-refractivity contribution in [2.75, 3.05) is 13.6 Å². The normalized spacial score (nSPS) is 12.1. The van der Waals surface area contributed by atoms with Crippen LogP contribution in [0.4, 0.5) is 18.4 Å². The smallest absolute Gasteiger partial charge is 0.424 e. The van der Waals surface area contributed by atoms with Crippen molar-refractivity contribution >= 4 is 24.2 Å². The first-order valence-corrected chi connectivity index (χ1v) is 17.3. The van der Waals surface area contributed by atoms with Gasteiger partial charge < -0.3 is 28.4 Å². The van der Waals surface area contributed by atoms with E-state index in [2.05, 4.69) is 70.2 Å². The number of carbonyl (C=O) groups is 4. The summed E-state index contributed by atoms with van der Waals surface area (Å²) in [4.78, 5) is 46.5. The molecule has 0 saturated carbocycles. The highest BCUT2D eigenvalue weighted by molar-refractivity contribution is 5.87. The minimum Gasteiger partial charge on any atom is -0.424 e. The highest BCUT2D eigenvalue weighted by Gasteiger charge is 2.35. The van der Waals surface area contributed by atoms with E-state index in [4.69, 9.17) is 9.47 Å². The lowest BCUT2D eigenvalue weighted by Crippen LogP contribution is -2.16. The number of hydrogen-bond donors (Lipinski definition) is 0. The van der Waals surface area contributed by atoms with Crippen molar-refractivity contribution in [3.63, 3.8) is 0 Å². The summed E-state index contributed by atoms with van der Waals surface area (Å²) >= 11 is 0. The van der Waals surface area contributed by atoms with E-state index in [9.17, 15) is 28.0 Å². The lowest BCUT2D eigenvalue weighted by atomic mass is 9.81. The van der Waals surface area contributed by atoms with Gasteiger partial charge in [0.25, 0.3) is 0 Å². The number of benzene rings is 4. The molecule has 0 atom stereocenters. The third-order valence-corrected chi connectivity index (χ3v) is 9.05. The van der Waals surface area contributed by atoms with Crippen LogP contribution in [0.1, 0.15) is 61.1 Å². The Morgan fingerprint density at radius 1 is 0.564 bits per heavy atom. The lowest BCUT2D eigenvalue weighted by molar-refractivity contribution is -0.148. The van der Waals surface area contributed by atoms with Crippen molar-refractivity contribution in [3.05, 3.63) is 142 Å². The molecule has 0 bridgehead atoms. The summed E-state index contributed by atoms with van der Waals surface area (Å²) in [7, 11) is 0. The average Bonchev–Trinajstić information content (AvgIpc) is 3.35. The molecule has 4 aromatic carbocycles. The number of fused-ring (bicyclic) bond motifs is 3. The van der Waals surface area contributed by atoms with Gasteiger partial charge in [-0.05, 0) is 96.2 Å². The molecule has 0 unspecified atom stereocenters. The number of ether oxygens (including phenoxy) is 6. The second-order valence-electron chi connectivity index (χ2n) is 13.5. The SMILES string of the molecule is C=C(C)C(=O)OCOC(=O)Oc1ccc(CCc2ccc3c(c2)C(C)(C)c2cc(CCc4ccc(OC(=O)OCOC(=O)C(=C)C)cc4F)ccc2-3)c(F)c1. The molecule has 1 aliphatic rings. The van der Waals surface area contributed by atoms with E-state index in [1.54, 1.807) is 12.1 Å². The number of hydrogen-bond acceptors (Lipinski definition) is 10. The van der Waals surface area contributed by atoms with Gasteiger partial charge >= 0.3 is 24.2 Å². The van der Waals surface area contributed by atoms with Crippen molar-refractivity contribution < 1.29 is 56.4 Å². The van der Waals surface area contributed by atoms with Crippen LogP contribution in [0.15, 0.2) is 97.1 Å². The quantitative estimate of drug-likeness (QED) is 0.0533. The Kier molecular flexibility index (Phi) is 12.5. The van der Waals surface area contributed by atoms with Gasteiger partial charge in [0, 0.05) is 28.7 Å². The van der Waals surface area contributed by atoms with E-state index in [-0.39, 0.29) is 28.1 Å². The van der Waals surface area contributed by atoms with Crippen LogP contribution in [0, 0.1) is 11.6 Å². The molecule has 0 heterocycles. The van der Waals surface area contributed by atoms with Crippen molar-refractivity contribution in [3.8, 4) is 22.6 Å². The zero-order chi connectivity index (χ0) is 39.9. The Hall–Kier alpha value is -6.30. The molecule has 0 aromatic heterocycles. The highest BCUT2D eigenvalue weighted by atomic mass is 19.1. The van der Waals surface area contributed by atoms with Gasteiger partial charge in [0.2, 0.25) is 13.6 Å². The zero-order valence-corrected chi connectivity index (χ0v) is 30.9. The van der Waals surface area contributed by atoms with Crippen molar-refractivity contribution in [1.29, 1.82) is 0 Å². The summed E-state index contributed by atoms with van der Waals surface area (Å²) in [6.07, 6.45) is -0.340. The van der Waals surface area contributed by atoms with Crippen LogP contribution in [-0.4, -0.2) is 37.8 Å². The van der Waals surface area contributed by atoms with Crippen LogP contribution in [-0.2, 0) is 59.6 Å². The van der Waals surface area contributed by atoms with Gasteiger partial charge in [-0.3, -0.25) is 0 Å². The van der Waals surface area contributed by atoms with Gasteiger partial charge in [0.05, 0.1) is 0 Å². The monoisotopic (exact) mass is 754 g/mol. The third-order valence-electron chi connectivity index (χ3n) is 9.05. The molecule has 0 aliphatic heterocycles. The second-order valence-corrected chi connectivity index (χ2v) is 13.5. The van der Waals surface area contributed by atoms with E-state index in [1.165, 1.54) is 26.0 Å². The topological polar surface area (TPSA) is 124 Å². The Bertz CT molecular complexity index is 2020. The maximum Gasteiger partial charge on any atom is 0.516 e. The molecule has 12 heteroatoms. The molecule has 55 heavy (non-hydrogen) atoms. The largest absolute Gasteiger partial charge is 0.516 e. The molecule has 10 nitrogen and oxygen atoms in total. The molecule has 0 radical (unpaired) electrons. The number of carbonyl (C=O) groups excluding carboxylic acids is 4. The first-order valence-electron chi connectivity index (χ1n) is 17.3. The zero-order valence-electron chi connectivity index (χ0n) is 30.9. The second kappa shape index (κ2) is 17.2. The fourth-order valence-corrected chi connectivity index (χ4v) is 6.05. The molecule has 0 amide bonds. The highest BCUT2D eigenvalue weighted by Crippen LogP contribution is 2.49. The summed E-state index contributed by atoms with van der Waals surface area (Å²) in [6, 6.07) is 20.8. The Labute approximate surface area is 317 Å². The Morgan fingerprint density at radius 3 is 1.33 bits per heavy atom. The maximum atomic E-state index is 15.0. The van der Waals surface area contributed by atoms with Crippen LogP contribution in [0.5, 0.6) is 11.5 Å². The van der Waals surface area contributed by atoms with Crippen LogP contribution < -0.4 is 9.47 Å².